The van der Waals surface area contributed by atoms with Gasteiger partial charge >= 0.3 is 0 Å². The minimum atomic E-state index is -0.165. The van der Waals surface area contributed by atoms with Crippen molar-refractivity contribution >= 4 is 35.1 Å². The number of hydrogen-bond donors (Lipinski definition) is 2. The number of rotatable bonds is 5. The monoisotopic (exact) mass is 327 g/mol. The van der Waals surface area contributed by atoms with Crippen LogP contribution >= 0.6 is 12.4 Å². The maximum atomic E-state index is 6.04. The minimum absolute atomic E-state index is 0. The summed E-state index contributed by atoms with van der Waals surface area (Å²) in [6.45, 7) is 2.00. The van der Waals surface area contributed by atoms with Gasteiger partial charge in [-0.15, -0.1) is 12.4 Å². The molecule has 1 heterocycles. The van der Waals surface area contributed by atoms with Crippen molar-refractivity contribution in [2.45, 2.75) is 19.5 Å². The fourth-order valence-electron chi connectivity index (χ4n) is 2.05. The van der Waals surface area contributed by atoms with Crippen LogP contribution in [0.3, 0.4) is 0 Å². The van der Waals surface area contributed by atoms with Crippen molar-refractivity contribution < 1.29 is 9.47 Å². The number of anilines is 2. The van der Waals surface area contributed by atoms with E-state index in [1.165, 1.54) is 0 Å². The van der Waals surface area contributed by atoms with Crippen LogP contribution in [0.15, 0.2) is 12.1 Å². The molecule has 0 bridgehead atoms. The quantitative estimate of drug-likeness (QED) is 0.807. The Bertz CT molecular complexity index is 653. The fraction of sp³-hybridized carbons (Fsp3) is 0.429. The molecule has 1 unspecified atom stereocenters. The van der Waals surface area contributed by atoms with Gasteiger partial charge in [-0.3, -0.25) is 0 Å². The highest BCUT2D eigenvalue weighted by Crippen LogP contribution is 2.34. The third-order valence-corrected chi connectivity index (χ3v) is 3.45. The first-order valence-electron chi connectivity index (χ1n) is 6.69. The predicted octanol–water partition coefficient (Wildman–Crippen LogP) is 1.78. The highest BCUT2D eigenvalue weighted by atomic mass is 35.5. The molecule has 0 saturated carbocycles. The number of nitrogens with zero attached hydrogens (tertiary/aromatic N) is 3. The molecule has 0 aliphatic rings. The lowest BCUT2D eigenvalue weighted by Crippen LogP contribution is -2.39. The summed E-state index contributed by atoms with van der Waals surface area (Å²) in [5.74, 6) is 2.05. The van der Waals surface area contributed by atoms with Crippen LogP contribution in [0.5, 0.6) is 11.5 Å². The molecule has 0 radical (unpaired) electrons. The molecule has 8 heteroatoms. The molecule has 2 aromatic rings. The molecule has 2 rings (SSSR count). The first-order chi connectivity index (χ1) is 10.0. The topological polar surface area (TPSA) is 99.5 Å². The predicted molar refractivity (Wildman–Crippen MR) is 91.0 cm³/mol. The molecule has 22 heavy (non-hydrogen) atoms. The summed E-state index contributed by atoms with van der Waals surface area (Å²) in [6, 6.07) is 3.55. The Balaban J connectivity index is 0.00000242. The summed E-state index contributed by atoms with van der Waals surface area (Å²) < 4.78 is 10.6. The Labute approximate surface area is 136 Å². The van der Waals surface area contributed by atoms with Gasteiger partial charge in [-0.05, 0) is 12.5 Å². The third-order valence-electron chi connectivity index (χ3n) is 3.45. The Morgan fingerprint density at radius 3 is 2.32 bits per heavy atom. The van der Waals surface area contributed by atoms with Gasteiger partial charge < -0.3 is 25.8 Å². The van der Waals surface area contributed by atoms with Crippen molar-refractivity contribution in [1.29, 1.82) is 0 Å². The van der Waals surface area contributed by atoms with Crippen LogP contribution in [0.25, 0.3) is 10.9 Å². The Morgan fingerprint density at radius 1 is 1.18 bits per heavy atom. The number of ether oxygens (including phenoxy) is 2. The summed E-state index contributed by atoms with van der Waals surface area (Å²) >= 11 is 0. The second kappa shape index (κ2) is 7.33. The zero-order chi connectivity index (χ0) is 15.6. The van der Waals surface area contributed by atoms with Gasteiger partial charge in [0.05, 0.1) is 25.9 Å². The van der Waals surface area contributed by atoms with Crippen molar-refractivity contribution in [3.05, 3.63) is 12.1 Å². The fourth-order valence-corrected chi connectivity index (χ4v) is 2.05. The van der Waals surface area contributed by atoms with Crippen molar-refractivity contribution in [3.63, 3.8) is 0 Å². The Hall–Kier alpha value is -1.99. The molecule has 1 aromatic heterocycles. The zero-order valence-corrected chi connectivity index (χ0v) is 14.0. The summed E-state index contributed by atoms with van der Waals surface area (Å²) in [4.78, 5) is 10.6. The molecule has 1 atom stereocenters. The lowest BCUT2D eigenvalue weighted by atomic mass is 10.2. The van der Waals surface area contributed by atoms with E-state index in [1.807, 2.05) is 14.0 Å². The first kappa shape index (κ1) is 18.1. The van der Waals surface area contributed by atoms with E-state index in [4.69, 9.17) is 20.9 Å². The highest BCUT2D eigenvalue weighted by molar-refractivity contribution is 5.91. The molecule has 4 N–H and O–H groups in total. The standard InChI is InChI=1S/C14H21N5O2.ClH/c1-5-12(15)19(2)14-17-9-7-11(21-4)10(20-3)6-8(9)13(16)18-14;/h6-7,12H,5,15H2,1-4H3,(H2,16,17,18);1H. The molecule has 0 spiro atoms. The van der Waals surface area contributed by atoms with Crippen LogP contribution < -0.4 is 25.8 Å². The highest BCUT2D eigenvalue weighted by Gasteiger charge is 2.16. The molecule has 0 amide bonds. The van der Waals surface area contributed by atoms with Gasteiger partial charge in [0.1, 0.15) is 5.82 Å². The lowest BCUT2D eigenvalue weighted by Gasteiger charge is -2.24. The van der Waals surface area contributed by atoms with Crippen LogP contribution in [-0.4, -0.2) is 37.4 Å². The van der Waals surface area contributed by atoms with E-state index in [1.54, 1.807) is 31.3 Å². The average Bonchev–Trinajstić information content (AvgIpc) is 2.51. The maximum absolute atomic E-state index is 6.04. The van der Waals surface area contributed by atoms with E-state index in [-0.39, 0.29) is 18.6 Å². The largest absolute Gasteiger partial charge is 0.493 e. The number of fused-ring (bicyclic) bond motifs is 1. The number of hydrogen-bond acceptors (Lipinski definition) is 7. The second-order valence-corrected chi connectivity index (χ2v) is 4.72. The molecule has 1 aromatic carbocycles. The number of nitrogen functional groups attached to an aromatic ring is 1. The van der Waals surface area contributed by atoms with Gasteiger partial charge in [-0.2, -0.15) is 4.98 Å². The van der Waals surface area contributed by atoms with Gasteiger partial charge in [0.15, 0.2) is 11.5 Å². The molecule has 0 fully saturated rings. The van der Waals surface area contributed by atoms with Crippen molar-refractivity contribution in [1.82, 2.24) is 9.97 Å². The molecule has 0 saturated heterocycles. The van der Waals surface area contributed by atoms with E-state index >= 15 is 0 Å². The summed E-state index contributed by atoms with van der Waals surface area (Å²) in [7, 11) is 4.99. The molecule has 7 nitrogen and oxygen atoms in total. The zero-order valence-electron chi connectivity index (χ0n) is 13.2. The first-order valence-corrected chi connectivity index (χ1v) is 6.69. The Morgan fingerprint density at radius 2 is 1.77 bits per heavy atom. The molecule has 0 aliphatic heterocycles. The van der Waals surface area contributed by atoms with Gasteiger partial charge in [0, 0.05) is 18.5 Å². The number of methoxy groups -OCH3 is 2. The van der Waals surface area contributed by atoms with Gasteiger partial charge in [0.25, 0.3) is 0 Å². The van der Waals surface area contributed by atoms with E-state index in [0.29, 0.717) is 28.8 Å². The maximum Gasteiger partial charge on any atom is 0.228 e. The van der Waals surface area contributed by atoms with E-state index in [2.05, 4.69) is 9.97 Å². The summed E-state index contributed by atoms with van der Waals surface area (Å²) in [6.07, 6.45) is 0.617. The normalized spacial score (nSPS) is 11.7. The minimum Gasteiger partial charge on any atom is -0.493 e. The van der Waals surface area contributed by atoms with E-state index in [0.717, 1.165) is 11.8 Å². The van der Waals surface area contributed by atoms with Gasteiger partial charge in [-0.1, -0.05) is 6.92 Å². The van der Waals surface area contributed by atoms with Crippen LogP contribution in [0.2, 0.25) is 0 Å². The average molecular weight is 328 g/mol. The smallest absolute Gasteiger partial charge is 0.228 e. The van der Waals surface area contributed by atoms with Crippen LogP contribution in [-0.2, 0) is 0 Å². The molecule has 0 aliphatic carbocycles. The van der Waals surface area contributed by atoms with E-state index < -0.39 is 0 Å². The molecule has 122 valence electrons. The number of halogens is 1. The SMILES string of the molecule is CCC(N)N(C)c1nc(N)c2cc(OC)c(OC)cc2n1.Cl. The van der Waals surface area contributed by atoms with Crippen LogP contribution in [0, 0.1) is 0 Å². The number of aromatic nitrogens is 2. The van der Waals surface area contributed by atoms with Gasteiger partial charge in [-0.25, -0.2) is 4.98 Å². The van der Waals surface area contributed by atoms with Gasteiger partial charge in [0.2, 0.25) is 5.95 Å². The molecular weight excluding hydrogens is 306 g/mol. The van der Waals surface area contributed by atoms with E-state index in [9.17, 15) is 0 Å². The van der Waals surface area contributed by atoms with Crippen molar-refractivity contribution in [3.8, 4) is 11.5 Å². The van der Waals surface area contributed by atoms with Crippen LogP contribution in [0.1, 0.15) is 13.3 Å². The number of nitrogens with two attached hydrogens (primary N) is 2. The second-order valence-electron chi connectivity index (χ2n) is 4.72. The Kier molecular flexibility index (Phi) is 6.01. The third kappa shape index (κ3) is 3.26. The molecular formula is C14H22ClN5O2. The van der Waals surface area contributed by atoms with Crippen LogP contribution in [0.4, 0.5) is 11.8 Å². The van der Waals surface area contributed by atoms with Crippen molar-refractivity contribution in [2.75, 3.05) is 31.9 Å². The summed E-state index contributed by atoms with van der Waals surface area (Å²) in [5, 5.41) is 0.717. The summed E-state index contributed by atoms with van der Waals surface area (Å²) in [5.41, 5.74) is 12.7. The van der Waals surface area contributed by atoms with Crippen molar-refractivity contribution in [2.24, 2.45) is 5.73 Å². The number of benzene rings is 1. The lowest BCUT2D eigenvalue weighted by molar-refractivity contribution is 0.356.